The Balaban J connectivity index is 2.04. The number of hydrogen-bond acceptors (Lipinski definition) is 6. The summed E-state index contributed by atoms with van der Waals surface area (Å²) in [5.41, 5.74) is 0. The van der Waals surface area contributed by atoms with Gasteiger partial charge in [-0.25, -0.2) is 4.79 Å². The molecule has 2 rings (SSSR count). The van der Waals surface area contributed by atoms with E-state index >= 15 is 0 Å². The van der Waals surface area contributed by atoms with Crippen molar-refractivity contribution >= 4 is 35.0 Å². The average Bonchev–Trinajstić information content (AvgIpc) is 3.13. The van der Waals surface area contributed by atoms with Gasteiger partial charge in [-0.15, -0.1) is 21.5 Å². The quantitative estimate of drug-likeness (QED) is 0.815. The molecule has 0 unspecified atom stereocenters. The molecule has 0 spiro atoms. The number of thiophene rings is 1. The molecule has 21 heavy (non-hydrogen) atoms. The Labute approximate surface area is 130 Å². The molecule has 0 radical (unpaired) electrons. The number of aromatic nitrogens is 3. The van der Waals surface area contributed by atoms with Crippen LogP contribution in [-0.2, 0) is 11.3 Å². The minimum atomic E-state index is -0.517. The summed E-state index contributed by atoms with van der Waals surface area (Å²) in [6.45, 7) is 2.70. The van der Waals surface area contributed by atoms with Gasteiger partial charge in [0.15, 0.2) is 11.0 Å². The number of carbonyl (C=O) groups excluding carboxylic acids is 2. The molecule has 2 N–H and O–H groups in total. The second-order valence-corrected chi connectivity index (χ2v) is 5.83. The van der Waals surface area contributed by atoms with E-state index in [-0.39, 0.29) is 11.7 Å². The van der Waals surface area contributed by atoms with Crippen molar-refractivity contribution in [3.63, 3.8) is 0 Å². The van der Waals surface area contributed by atoms with Gasteiger partial charge in [-0.3, -0.25) is 10.1 Å². The minimum Gasteiger partial charge on any atom is -0.341 e. The van der Waals surface area contributed by atoms with Crippen molar-refractivity contribution in [1.82, 2.24) is 25.4 Å². The molecule has 2 aromatic rings. The van der Waals surface area contributed by atoms with Crippen LogP contribution < -0.4 is 10.6 Å². The van der Waals surface area contributed by atoms with Crippen LogP contribution in [-0.4, -0.2) is 39.5 Å². The second-order valence-electron chi connectivity index (χ2n) is 3.94. The van der Waals surface area contributed by atoms with Gasteiger partial charge in [0.2, 0.25) is 5.91 Å². The summed E-state index contributed by atoms with van der Waals surface area (Å²) < 4.78 is 1.95. The van der Waals surface area contributed by atoms with Gasteiger partial charge >= 0.3 is 6.03 Å². The fourth-order valence-electron chi connectivity index (χ4n) is 1.62. The van der Waals surface area contributed by atoms with Crippen molar-refractivity contribution in [2.45, 2.75) is 18.6 Å². The predicted molar refractivity (Wildman–Crippen MR) is 82.3 cm³/mol. The molecule has 0 aliphatic rings. The van der Waals surface area contributed by atoms with Gasteiger partial charge in [-0.2, -0.15) is 0 Å². The van der Waals surface area contributed by atoms with E-state index in [2.05, 4.69) is 20.8 Å². The molecule has 0 aromatic carbocycles. The molecule has 2 heterocycles. The van der Waals surface area contributed by atoms with Gasteiger partial charge in [-0.05, 0) is 18.4 Å². The predicted octanol–water partition coefficient (Wildman–Crippen LogP) is 1.57. The highest BCUT2D eigenvalue weighted by Gasteiger charge is 2.15. The zero-order chi connectivity index (χ0) is 15.2. The molecule has 0 saturated heterocycles. The van der Waals surface area contributed by atoms with E-state index in [9.17, 15) is 9.59 Å². The molecule has 7 nitrogen and oxygen atoms in total. The summed E-state index contributed by atoms with van der Waals surface area (Å²) in [4.78, 5) is 23.6. The lowest BCUT2D eigenvalue weighted by Gasteiger charge is -2.06. The number of nitrogens with zero attached hydrogens (tertiary/aromatic N) is 3. The van der Waals surface area contributed by atoms with Crippen LogP contribution in [0.4, 0.5) is 4.79 Å². The summed E-state index contributed by atoms with van der Waals surface area (Å²) in [7, 11) is 1.46. The summed E-state index contributed by atoms with van der Waals surface area (Å²) in [5.74, 6) is 0.528. The van der Waals surface area contributed by atoms with E-state index in [0.29, 0.717) is 11.7 Å². The van der Waals surface area contributed by atoms with E-state index in [4.69, 9.17) is 0 Å². The first-order valence-corrected chi connectivity index (χ1v) is 8.13. The molecule has 0 aliphatic heterocycles. The number of imide groups is 1. The number of amides is 3. The summed E-state index contributed by atoms with van der Waals surface area (Å²) >= 11 is 2.84. The molecule has 0 atom stereocenters. The number of thioether (sulfide) groups is 1. The second kappa shape index (κ2) is 7.23. The van der Waals surface area contributed by atoms with Crippen LogP contribution in [0.1, 0.15) is 6.92 Å². The zero-order valence-electron chi connectivity index (χ0n) is 11.6. The average molecular weight is 325 g/mol. The number of rotatable bonds is 5. The molecular formula is C12H15N5O2S2. The Kier molecular flexibility index (Phi) is 5.34. The molecule has 9 heteroatoms. The van der Waals surface area contributed by atoms with Crippen LogP contribution in [0, 0.1) is 0 Å². The van der Waals surface area contributed by atoms with Gasteiger partial charge in [0.1, 0.15) is 0 Å². The Bertz CT molecular complexity index is 624. The van der Waals surface area contributed by atoms with Gasteiger partial charge in [0.05, 0.1) is 10.6 Å². The highest BCUT2D eigenvalue weighted by molar-refractivity contribution is 7.99. The smallest absolute Gasteiger partial charge is 0.321 e. The van der Waals surface area contributed by atoms with Crippen LogP contribution in [0.2, 0.25) is 0 Å². The first-order valence-electron chi connectivity index (χ1n) is 6.27. The maximum atomic E-state index is 11.6. The van der Waals surface area contributed by atoms with Crippen LogP contribution in [0.3, 0.4) is 0 Å². The largest absolute Gasteiger partial charge is 0.341 e. The maximum Gasteiger partial charge on any atom is 0.321 e. The van der Waals surface area contributed by atoms with Crippen LogP contribution in [0.15, 0.2) is 22.7 Å². The number of carbonyl (C=O) groups is 2. The maximum absolute atomic E-state index is 11.6. The summed E-state index contributed by atoms with van der Waals surface area (Å²) in [5, 5.41) is 15.5. The number of hydrogen-bond donors (Lipinski definition) is 2. The summed E-state index contributed by atoms with van der Waals surface area (Å²) in [6.07, 6.45) is 0. The highest BCUT2D eigenvalue weighted by Crippen LogP contribution is 2.26. The molecule has 0 aliphatic carbocycles. The highest BCUT2D eigenvalue weighted by atomic mass is 32.2. The van der Waals surface area contributed by atoms with Crippen molar-refractivity contribution in [2.24, 2.45) is 0 Å². The number of urea groups is 1. The van der Waals surface area contributed by atoms with Crippen molar-refractivity contribution in [2.75, 3.05) is 12.8 Å². The Morgan fingerprint density at radius 1 is 1.43 bits per heavy atom. The fraction of sp³-hybridized carbons (Fsp3) is 0.333. The summed E-state index contributed by atoms with van der Waals surface area (Å²) in [6, 6.07) is 3.42. The van der Waals surface area contributed by atoms with Crippen molar-refractivity contribution in [1.29, 1.82) is 0 Å². The number of nitrogens with one attached hydrogen (secondary N) is 2. The van der Waals surface area contributed by atoms with Gasteiger partial charge < -0.3 is 9.88 Å². The topological polar surface area (TPSA) is 88.9 Å². The third-order valence-electron chi connectivity index (χ3n) is 2.59. The monoisotopic (exact) mass is 325 g/mol. The third-order valence-corrected chi connectivity index (χ3v) is 4.42. The van der Waals surface area contributed by atoms with E-state index in [0.717, 1.165) is 10.7 Å². The molecule has 0 saturated carbocycles. The van der Waals surface area contributed by atoms with Crippen LogP contribution in [0.25, 0.3) is 10.7 Å². The standard InChI is InChI=1S/C12H15N5O2S2/c1-3-17-10(8-5-4-6-20-8)15-16-12(17)21-7-9(18)14-11(19)13-2/h4-6H,3,7H2,1-2H3,(H2,13,14,18,19). The Morgan fingerprint density at radius 3 is 2.86 bits per heavy atom. The van der Waals surface area contributed by atoms with E-state index in [1.807, 2.05) is 29.0 Å². The molecular weight excluding hydrogens is 310 g/mol. The molecule has 0 bridgehead atoms. The van der Waals surface area contributed by atoms with Crippen molar-refractivity contribution in [3.8, 4) is 10.7 Å². The molecule has 0 fully saturated rings. The first-order chi connectivity index (χ1) is 10.2. The van der Waals surface area contributed by atoms with E-state index in [1.165, 1.54) is 18.8 Å². The van der Waals surface area contributed by atoms with Crippen molar-refractivity contribution in [3.05, 3.63) is 17.5 Å². The minimum absolute atomic E-state index is 0.107. The lowest BCUT2D eigenvalue weighted by atomic mass is 10.4. The molecule has 112 valence electrons. The Hall–Kier alpha value is -1.87. The van der Waals surface area contributed by atoms with Gasteiger partial charge in [0.25, 0.3) is 0 Å². The molecule has 3 amide bonds. The lowest BCUT2D eigenvalue weighted by molar-refractivity contribution is -0.117. The SMILES string of the molecule is CCn1c(SCC(=O)NC(=O)NC)nnc1-c1cccs1. The van der Waals surface area contributed by atoms with Gasteiger partial charge in [-0.1, -0.05) is 17.8 Å². The first kappa shape index (κ1) is 15.5. The Morgan fingerprint density at radius 2 is 2.24 bits per heavy atom. The van der Waals surface area contributed by atoms with Crippen molar-refractivity contribution < 1.29 is 9.59 Å². The normalized spacial score (nSPS) is 10.4. The van der Waals surface area contributed by atoms with E-state index in [1.54, 1.807) is 11.3 Å². The lowest BCUT2D eigenvalue weighted by Crippen LogP contribution is -2.38. The third kappa shape index (κ3) is 3.82. The zero-order valence-corrected chi connectivity index (χ0v) is 13.3. The van der Waals surface area contributed by atoms with Crippen LogP contribution >= 0.6 is 23.1 Å². The van der Waals surface area contributed by atoms with Crippen LogP contribution in [0.5, 0.6) is 0 Å². The molecule has 2 aromatic heterocycles. The fourth-order valence-corrected chi connectivity index (χ4v) is 3.14. The van der Waals surface area contributed by atoms with E-state index < -0.39 is 6.03 Å². The van der Waals surface area contributed by atoms with Gasteiger partial charge in [0, 0.05) is 13.6 Å².